The Hall–Kier alpha value is 0. The molecule has 0 aromatic carbocycles. The molecule has 0 saturated heterocycles. The quantitative estimate of drug-likeness (QED) is 0.403. The fourth-order valence-corrected chi connectivity index (χ4v) is 3.94. The summed E-state index contributed by atoms with van der Waals surface area (Å²) >= 11 is 0. The Bertz CT molecular complexity index is 232. The van der Waals surface area contributed by atoms with E-state index in [1.54, 1.807) is 0 Å². The third-order valence-electron chi connectivity index (χ3n) is 6.56. The summed E-state index contributed by atoms with van der Waals surface area (Å²) in [5.41, 5.74) is 0. The normalized spacial score (nSPS) is 22.6. The molecule has 0 aromatic rings. The predicted octanol–water partition coefficient (Wildman–Crippen LogP) is 7.04. The molecule has 0 fully saturated rings. The van der Waals surface area contributed by atoms with Crippen molar-refractivity contribution < 1.29 is 0 Å². The van der Waals surface area contributed by atoms with Gasteiger partial charge in [-0.3, -0.25) is 0 Å². The van der Waals surface area contributed by atoms with Gasteiger partial charge in [-0.2, -0.15) is 0 Å². The molecule has 0 nitrogen and oxygen atoms in total. The molecule has 0 saturated carbocycles. The lowest BCUT2D eigenvalue weighted by molar-refractivity contribution is 0.112. The first-order chi connectivity index (χ1) is 9.29. The van der Waals surface area contributed by atoms with Crippen molar-refractivity contribution in [2.75, 3.05) is 0 Å². The fraction of sp³-hybridized carbons (Fsp3) is 1.00. The van der Waals surface area contributed by atoms with Crippen molar-refractivity contribution in [1.82, 2.24) is 0 Å². The summed E-state index contributed by atoms with van der Waals surface area (Å²) in [6, 6.07) is 0. The van der Waals surface area contributed by atoms with Gasteiger partial charge in [-0.15, -0.1) is 0 Å². The van der Waals surface area contributed by atoms with Gasteiger partial charge in [-0.1, -0.05) is 81.6 Å². The minimum absolute atomic E-state index is 0.850. The monoisotopic (exact) mass is 282 g/mol. The Morgan fingerprint density at radius 2 is 1.10 bits per heavy atom. The van der Waals surface area contributed by atoms with Gasteiger partial charge in [0.15, 0.2) is 0 Å². The Balaban J connectivity index is 4.71. The summed E-state index contributed by atoms with van der Waals surface area (Å²) in [6.45, 7) is 21.9. The smallest absolute Gasteiger partial charge is 0.0360 e. The minimum Gasteiger partial charge on any atom is -0.0651 e. The average molecular weight is 283 g/mol. The van der Waals surface area contributed by atoms with Crippen LogP contribution in [0.1, 0.15) is 88.0 Å². The van der Waals surface area contributed by atoms with E-state index < -0.39 is 0 Å². The summed E-state index contributed by atoms with van der Waals surface area (Å²) in [4.78, 5) is 0. The summed E-state index contributed by atoms with van der Waals surface area (Å²) in [7, 11) is 0. The molecule has 7 atom stereocenters. The zero-order valence-electron chi connectivity index (χ0n) is 15.9. The molecule has 122 valence electrons. The first-order valence-corrected chi connectivity index (χ1v) is 9.29. The van der Waals surface area contributed by atoms with Crippen LogP contribution in [0.3, 0.4) is 0 Å². The lowest BCUT2D eigenvalue weighted by Gasteiger charge is -2.38. The molecule has 0 amide bonds. The standard InChI is InChI=1S/C20H42/c1-10-14(4)13-16(6)18(8)20(12-3)19(9)17(7)15(5)11-2/h14-20H,10-13H2,1-9H3. The molecule has 20 heavy (non-hydrogen) atoms. The maximum Gasteiger partial charge on any atom is -0.0360 e. The van der Waals surface area contributed by atoms with E-state index in [4.69, 9.17) is 0 Å². The van der Waals surface area contributed by atoms with Gasteiger partial charge >= 0.3 is 0 Å². The number of hydrogen-bond donors (Lipinski definition) is 0. The lowest BCUT2D eigenvalue weighted by atomic mass is 9.67. The van der Waals surface area contributed by atoms with E-state index in [1.165, 1.54) is 25.7 Å². The molecule has 0 aliphatic rings. The summed E-state index contributed by atoms with van der Waals surface area (Å²) in [5, 5.41) is 0. The van der Waals surface area contributed by atoms with Gasteiger partial charge in [-0.05, 0) is 47.8 Å². The fourth-order valence-electron chi connectivity index (χ4n) is 3.94. The Morgan fingerprint density at radius 3 is 1.50 bits per heavy atom. The predicted molar refractivity (Wildman–Crippen MR) is 94.0 cm³/mol. The van der Waals surface area contributed by atoms with Crippen LogP contribution in [0.25, 0.3) is 0 Å². The number of rotatable bonds is 10. The van der Waals surface area contributed by atoms with Crippen molar-refractivity contribution in [3.8, 4) is 0 Å². The topological polar surface area (TPSA) is 0 Å². The van der Waals surface area contributed by atoms with Crippen molar-refractivity contribution in [1.29, 1.82) is 0 Å². The zero-order valence-corrected chi connectivity index (χ0v) is 15.9. The van der Waals surface area contributed by atoms with Crippen molar-refractivity contribution in [3.63, 3.8) is 0 Å². The second kappa shape index (κ2) is 9.85. The Labute approximate surface area is 130 Å². The van der Waals surface area contributed by atoms with Crippen molar-refractivity contribution in [2.45, 2.75) is 88.0 Å². The average Bonchev–Trinajstić information content (AvgIpc) is 2.45. The highest BCUT2D eigenvalue weighted by atomic mass is 14.4. The highest BCUT2D eigenvalue weighted by molar-refractivity contribution is 4.80. The molecule has 0 radical (unpaired) electrons. The SMILES string of the molecule is CCC(C)CC(C)C(C)C(CC)C(C)C(C)C(C)CC. The van der Waals surface area contributed by atoms with Crippen molar-refractivity contribution in [2.24, 2.45) is 41.4 Å². The van der Waals surface area contributed by atoms with Crippen molar-refractivity contribution in [3.05, 3.63) is 0 Å². The van der Waals surface area contributed by atoms with Crippen molar-refractivity contribution >= 4 is 0 Å². The molecule has 0 aromatic heterocycles. The van der Waals surface area contributed by atoms with Crippen LogP contribution in [0.2, 0.25) is 0 Å². The van der Waals surface area contributed by atoms with Crippen LogP contribution in [0.4, 0.5) is 0 Å². The maximum absolute atomic E-state index is 2.51. The lowest BCUT2D eigenvalue weighted by Crippen LogP contribution is -2.31. The van der Waals surface area contributed by atoms with Crippen LogP contribution in [0.5, 0.6) is 0 Å². The molecule has 0 heteroatoms. The van der Waals surface area contributed by atoms with E-state index in [1.807, 2.05) is 0 Å². The van der Waals surface area contributed by atoms with Crippen LogP contribution in [-0.2, 0) is 0 Å². The zero-order chi connectivity index (χ0) is 15.9. The molecule has 0 aliphatic heterocycles. The van der Waals surface area contributed by atoms with Gasteiger partial charge < -0.3 is 0 Å². The van der Waals surface area contributed by atoms with Gasteiger partial charge in [0.05, 0.1) is 0 Å². The van der Waals surface area contributed by atoms with Gasteiger partial charge in [0.2, 0.25) is 0 Å². The number of hydrogen-bond acceptors (Lipinski definition) is 0. The molecule has 0 aliphatic carbocycles. The van der Waals surface area contributed by atoms with E-state index in [9.17, 15) is 0 Å². The molecule has 0 N–H and O–H groups in total. The first-order valence-electron chi connectivity index (χ1n) is 9.29. The van der Waals surface area contributed by atoms with E-state index in [0.717, 1.165) is 41.4 Å². The summed E-state index contributed by atoms with van der Waals surface area (Å²) in [5.74, 6) is 6.05. The second-order valence-corrected chi connectivity index (χ2v) is 7.76. The third-order valence-corrected chi connectivity index (χ3v) is 6.56. The Kier molecular flexibility index (Phi) is 9.85. The molecule has 0 spiro atoms. The first kappa shape index (κ1) is 20.0. The van der Waals surface area contributed by atoms with Crippen LogP contribution >= 0.6 is 0 Å². The third kappa shape index (κ3) is 5.78. The molecule has 0 heterocycles. The molecule has 0 rings (SSSR count). The van der Waals surface area contributed by atoms with Gasteiger partial charge in [0, 0.05) is 0 Å². The highest BCUT2D eigenvalue weighted by Crippen LogP contribution is 2.38. The molecule has 7 unspecified atom stereocenters. The summed E-state index contributed by atoms with van der Waals surface area (Å²) < 4.78 is 0. The van der Waals surface area contributed by atoms with Gasteiger partial charge in [-0.25, -0.2) is 0 Å². The molecule has 0 bridgehead atoms. The van der Waals surface area contributed by atoms with E-state index in [0.29, 0.717) is 0 Å². The van der Waals surface area contributed by atoms with Gasteiger partial charge in [0.1, 0.15) is 0 Å². The molecular formula is C20H42. The van der Waals surface area contributed by atoms with Crippen LogP contribution in [-0.4, -0.2) is 0 Å². The summed E-state index contributed by atoms with van der Waals surface area (Å²) in [6.07, 6.45) is 5.39. The van der Waals surface area contributed by atoms with Crippen LogP contribution in [0.15, 0.2) is 0 Å². The van der Waals surface area contributed by atoms with E-state index in [-0.39, 0.29) is 0 Å². The Morgan fingerprint density at radius 1 is 0.550 bits per heavy atom. The van der Waals surface area contributed by atoms with Crippen LogP contribution in [0, 0.1) is 41.4 Å². The van der Waals surface area contributed by atoms with Gasteiger partial charge in [0.25, 0.3) is 0 Å². The highest BCUT2D eigenvalue weighted by Gasteiger charge is 2.31. The largest absolute Gasteiger partial charge is 0.0651 e. The van der Waals surface area contributed by atoms with Crippen LogP contribution < -0.4 is 0 Å². The minimum atomic E-state index is 0.850. The second-order valence-electron chi connectivity index (χ2n) is 7.76. The maximum atomic E-state index is 2.51. The van der Waals surface area contributed by atoms with E-state index >= 15 is 0 Å². The molecular weight excluding hydrogens is 240 g/mol. The van der Waals surface area contributed by atoms with E-state index in [2.05, 4.69) is 62.3 Å².